The Hall–Kier alpha value is -0.535. The monoisotopic (exact) mass is 241 g/mol. The molecule has 1 unspecified atom stereocenters. The van der Waals surface area contributed by atoms with E-state index in [0.717, 1.165) is 7.11 Å². The molecule has 1 heterocycles. The molecule has 0 radical (unpaired) electrons. The standard InChI is InChI=1S/C9H11N2O4.2Li.H2O/c1-11-4-3-7(10-11)5-9(6-12,15-2)8(13)14;;;/h3-4H,5H2,1-2H3,(H,13,14);;;1H2/q-1;2*+1;/p-2. The Labute approximate surface area is 129 Å². The van der Waals surface area contributed by atoms with E-state index in [1.54, 1.807) is 19.3 Å². The molecule has 0 bridgehead atoms. The number of hydrogen-bond donors (Lipinski definition) is 0. The summed E-state index contributed by atoms with van der Waals surface area (Å²) in [6.45, 7) is 0. The van der Waals surface area contributed by atoms with Gasteiger partial charge in [0.25, 0.3) is 0 Å². The summed E-state index contributed by atoms with van der Waals surface area (Å²) in [5, 5.41) is 14.7. The van der Waals surface area contributed by atoms with Gasteiger partial charge >= 0.3 is 37.7 Å². The first kappa shape index (κ1) is 22.6. The number of aliphatic carboxylic acids is 1. The number of aryl methyl sites for hydroxylation is 1. The minimum absolute atomic E-state index is 0. The number of carbonyl (C=O) groups excluding carboxylic acids is 2. The summed E-state index contributed by atoms with van der Waals surface area (Å²) in [6.07, 6.45) is 2.78. The Kier molecular flexibility index (Phi) is 11.8. The molecule has 0 fully saturated rings. The molecule has 0 saturated carbocycles. The SMILES string of the molecule is COC([C-]=O)(Cc1ccn(C)n1)C(=O)[O-].[Li+].[Li+].[OH-]. The first-order chi connectivity index (χ1) is 7.04. The van der Waals surface area contributed by atoms with E-state index >= 15 is 0 Å². The number of ether oxygens (including phenoxy) is 1. The Morgan fingerprint density at radius 1 is 1.61 bits per heavy atom. The normalized spacial score (nSPS) is 12.1. The molecule has 0 aliphatic heterocycles. The van der Waals surface area contributed by atoms with Crippen LogP contribution in [0.15, 0.2) is 12.3 Å². The largest absolute Gasteiger partial charge is 1.00 e. The number of carboxylic acid groups (broad SMARTS) is 1. The van der Waals surface area contributed by atoms with Crippen LogP contribution in [0.5, 0.6) is 0 Å². The van der Waals surface area contributed by atoms with Crippen molar-refractivity contribution in [3.05, 3.63) is 18.0 Å². The zero-order chi connectivity index (χ0) is 11.5. The summed E-state index contributed by atoms with van der Waals surface area (Å²) >= 11 is 0. The molecule has 0 aromatic carbocycles. The van der Waals surface area contributed by atoms with Gasteiger partial charge in [0.15, 0.2) is 0 Å². The van der Waals surface area contributed by atoms with Gasteiger partial charge in [-0.05, 0) is 6.07 Å². The fraction of sp³-hybridized carbons (Fsp3) is 0.444. The zero-order valence-electron chi connectivity index (χ0n) is 10.8. The van der Waals surface area contributed by atoms with Crippen LogP contribution in [0.2, 0.25) is 0 Å². The first-order valence-corrected chi connectivity index (χ1v) is 4.18. The summed E-state index contributed by atoms with van der Waals surface area (Å²) in [7, 11) is 2.80. The van der Waals surface area contributed by atoms with Crippen LogP contribution >= 0.6 is 0 Å². The van der Waals surface area contributed by atoms with Gasteiger partial charge in [-0.3, -0.25) is 4.68 Å². The average Bonchev–Trinajstić information content (AvgIpc) is 2.60. The summed E-state index contributed by atoms with van der Waals surface area (Å²) in [4.78, 5) is 21.4. The Morgan fingerprint density at radius 2 is 2.17 bits per heavy atom. The van der Waals surface area contributed by atoms with Gasteiger partial charge in [-0.2, -0.15) is 5.10 Å². The molecule has 18 heavy (non-hydrogen) atoms. The molecule has 1 aromatic heterocycles. The summed E-state index contributed by atoms with van der Waals surface area (Å²) in [6, 6.07) is 1.59. The van der Waals surface area contributed by atoms with Crippen molar-refractivity contribution in [1.29, 1.82) is 0 Å². The molecule has 1 N–H and O–H groups in total. The van der Waals surface area contributed by atoms with Gasteiger partial charge < -0.3 is 24.9 Å². The molecule has 0 saturated heterocycles. The number of nitrogens with zero attached hydrogens (tertiary/aromatic N) is 2. The summed E-state index contributed by atoms with van der Waals surface area (Å²) in [5.74, 6) is -1.62. The van der Waals surface area contributed by atoms with Crippen molar-refractivity contribution in [1.82, 2.24) is 9.78 Å². The van der Waals surface area contributed by atoms with Crippen LogP contribution in [-0.2, 0) is 27.8 Å². The van der Waals surface area contributed by atoms with E-state index in [0.29, 0.717) is 5.69 Å². The number of aromatic nitrogens is 2. The molecule has 0 aliphatic rings. The number of rotatable bonds is 5. The Balaban J connectivity index is -0.000000750. The third-order valence-electron chi connectivity index (χ3n) is 2.04. The molecule has 90 valence electrons. The van der Waals surface area contributed by atoms with Crippen molar-refractivity contribution < 1.29 is 62.6 Å². The molecule has 0 aliphatic carbocycles. The predicted molar refractivity (Wildman–Crippen MR) is 49.3 cm³/mol. The third-order valence-corrected chi connectivity index (χ3v) is 2.04. The third kappa shape index (κ3) is 4.99. The molecule has 0 amide bonds. The van der Waals surface area contributed by atoms with Gasteiger partial charge in [-0.15, -0.1) is 0 Å². The van der Waals surface area contributed by atoms with Crippen molar-refractivity contribution in [3.63, 3.8) is 0 Å². The molecule has 1 atom stereocenters. The second-order valence-electron chi connectivity index (χ2n) is 3.08. The molecule has 1 aromatic rings. The van der Waals surface area contributed by atoms with Crippen LogP contribution in [0.1, 0.15) is 5.69 Å². The van der Waals surface area contributed by atoms with Crippen molar-refractivity contribution in [2.75, 3.05) is 7.11 Å². The fourth-order valence-corrected chi connectivity index (χ4v) is 1.16. The topological polar surface area (TPSA) is 114 Å². The Bertz CT molecular complexity index is 385. The fourth-order valence-electron chi connectivity index (χ4n) is 1.16. The average molecular weight is 241 g/mol. The maximum Gasteiger partial charge on any atom is 1.00 e. The van der Waals surface area contributed by atoms with Crippen molar-refractivity contribution in [2.24, 2.45) is 7.05 Å². The van der Waals surface area contributed by atoms with Gasteiger partial charge in [0.2, 0.25) is 0 Å². The van der Waals surface area contributed by atoms with Gasteiger partial charge in [0.05, 0.1) is 5.69 Å². The summed E-state index contributed by atoms with van der Waals surface area (Å²) < 4.78 is 6.12. The van der Waals surface area contributed by atoms with Crippen LogP contribution in [0, 0.1) is 0 Å². The van der Waals surface area contributed by atoms with Gasteiger partial charge in [-0.1, -0.05) is 0 Å². The van der Waals surface area contributed by atoms with Gasteiger partial charge in [0, 0.05) is 38.3 Å². The van der Waals surface area contributed by atoms with E-state index in [1.165, 1.54) is 11.0 Å². The van der Waals surface area contributed by atoms with E-state index in [9.17, 15) is 14.7 Å². The second-order valence-corrected chi connectivity index (χ2v) is 3.08. The molecule has 9 heteroatoms. The number of carboxylic acids is 1. The molecular formula is C9H11Li2N2O5-. The van der Waals surface area contributed by atoms with Crippen molar-refractivity contribution >= 4 is 12.3 Å². The van der Waals surface area contributed by atoms with Crippen molar-refractivity contribution in [3.8, 4) is 0 Å². The smallest absolute Gasteiger partial charge is 0.870 e. The van der Waals surface area contributed by atoms with Gasteiger partial charge in [-0.25, -0.2) is 6.29 Å². The molecule has 0 spiro atoms. The zero-order valence-corrected chi connectivity index (χ0v) is 10.8. The number of carbonyl (C=O) groups is 1. The predicted octanol–water partition coefficient (Wildman–Crippen LogP) is -7.96. The van der Waals surface area contributed by atoms with Gasteiger partial charge in [0.1, 0.15) is 0 Å². The van der Waals surface area contributed by atoms with Crippen LogP contribution in [0.3, 0.4) is 0 Å². The van der Waals surface area contributed by atoms with Crippen LogP contribution < -0.4 is 42.8 Å². The molecule has 1 rings (SSSR count). The van der Waals surface area contributed by atoms with E-state index in [-0.39, 0.29) is 49.6 Å². The van der Waals surface area contributed by atoms with Crippen LogP contribution in [0.4, 0.5) is 0 Å². The van der Waals surface area contributed by atoms with Crippen LogP contribution in [-0.4, -0.2) is 40.2 Å². The second kappa shape index (κ2) is 9.40. The quantitative estimate of drug-likeness (QED) is 0.287. The maximum absolute atomic E-state index is 10.8. The molecule has 7 nitrogen and oxygen atoms in total. The Morgan fingerprint density at radius 3 is 2.44 bits per heavy atom. The van der Waals surface area contributed by atoms with E-state index in [2.05, 4.69) is 9.84 Å². The summed E-state index contributed by atoms with van der Waals surface area (Å²) in [5.41, 5.74) is -1.65. The number of hydrogen-bond acceptors (Lipinski definition) is 6. The number of methoxy groups -OCH3 is 1. The van der Waals surface area contributed by atoms with E-state index in [4.69, 9.17) is 0 Å². The van der Waals surface area contributed by atoms with E-state index in [1.807, 2.05) is 0 Å². The minimum atomic E-state index is -2.08. The van der Waals surface area contributed by atoms with E-state index < -0.39 is 11.6 Å². The first-order valence-electron chi connectivity index (χ1n) is 4.18. The maximum atomic E-state index is 10.8. The molecular weight excluding hydrogens is 230 g/mol. The minimum Gasteiger partial charge on any atom is -0.870 e. The van der Waals surface area contributed by atoms with Crippen molar-refractivity contribution in [2.45, 2.75) is 12.0 Å². The van der Waals surface area contributed by atoms with Crippen LogP contribution in [0.25, 0.3) is 0 Å².